The Kier molecular flexibility index (Phi) is 4.75. The Bertz CT molecular complexity index is 467. The molecule has 5 nitrogen and oxygen atoms in total. The van der Waals surface area contributed by atoms with Crippen molar-refractivity contribution in [3.63, 3.8) is 0 Å². The molecule has 1 unspecified atom stereocenters. The van der Waals surface area contributed by atoms with Crippen molar-refractivity contribution in [1.82, 2.24) is 0 Å². The summed E-state index contributed by atoms with van der Waals surface area (Å²) in [4.78, 5) is 10.5. The third kappa shape index (κ3) is 3.02. The third-order valence-corrected chi connectivity index (χ3v) is 2.71. The van der Waals surface area contributed by atoms with E-state index in [-0.39, 0.29) is 34.9 Å². The summed E-state index contributed by atoms with van der Waals surface area (Å²) in [6.45, 7) is 0. The lowest BCUT2D eigenvalue weighted by Crippen LogP contribution is -2.15. The Morgan fingerprint density at radius 3 is 2.78 bits per heavy atom. The molecule has 0 saturated carbocycles. The molecule has 0 aliphatic heterocycles. The van der Waals surface area contributed by atoms with Gasteiger partial charge in [-0.1, -0.05) is 11.6 Å². The van der Waals surface area contributed by atoms with Gasteiger partial charge in [-0.2, -0.15) is 0 Å². The van der Waals surface area contributed by atoms with Crippen molar-refractivity contribution in [2.75, 3.05) is 7.11 Å². The first kappa shape index (κ1) is 14.5. The number of rotatable bonds is 5. The number of hydrogen-bond donors (Lipinski definition) is 3. The van der Waals surface area contributed by atoms with Gasteiger partial charge < -0.3 is 20.7 Å². The Labute approximate surface area is 108 Å². The zero-order valence-electron chi connectivity index (χ0n) is 9.61. The molecule has 18 heavy (non-hydrogen) atoms. The van der Waals surface area contributed by atoms with E-state index in [1.54, 1.807) is 0 Å². The average molecular weight is 278 g/mol. The van der Waals surface area contributed by atoms with Crippen LogP contribution in [0.4, 0.5) is 4.39 Å². The number of halogens is 2. The van der Waals surface area contributed by atoms with Gasteiger partial charge in [-0.3, -0.25) is 4.79 Å². The molecular weight excluding hydrogens is 265 g/mol. The number of methoxy groups -OCH3 is 1. The maximum Gasteiger partial charge on any atom is 0.303 e. The van der Waals surface area contributed by atoms with Gasteiger partial charge >= 0.3 is 5.97 Å². The number of benzene rings is 1. The summed E-state index contributed by atoms with van der Waals surface area (Å²) in [6, 6.07) is 0.0732. The third-order valence-electron chi connectivity index (χ3n) is 2.43. The van der Waals surface area contributed by atoms with Gasteiger partial charge in [0.2, 0.25) is 0 Å². The number of carboxylic acid groups (broad SMARTS) is 1. The smallest absolute Gasteiger partial charge is 0.303 e. The first-order valence-corrected chi connectivity index (χ1v) is 5.48. The van der Waals surface area contributed by atoms with Gasteiger partial charge in [0.25, 0.3) is 0 Å². The molecule has 0 fully saturated rings. The van der Waals surface area contributed by atoms with Crippen molar-refractivity contribution in [3.05, 3.63) is 22.5 Å². The molecule has 1 atom stereocenters. The van der Waals surface area contributed by atoms with Crippen LogP contribution in [0.1, 0.15) is 24.4 Å². The van der Waals surface area contributed by atoms with Gasteiger partial charge in [-0.25, -0.2) is 4.39 Å². The quantitative estimate of drug-likeness (QED) is 0.766. The number of phenolic OH excluding ortho intramolecular Hbond substituents is 1. The Hall–Kier alpha value is -1.53. The predicted octanol–water partition coefficient (Wildman–Crippen LogP) is 2.06. The fourth-order valence-corrected chi connectivity index (χ4v) is 1.79. The lowest BCUT2D eigenvalue weighted by molar-refractivity contribution is -0.137. The zero-order chi connectivity index (χ0) is 13.9. The van der Waals surface area contributed by atoms with Crippen molar-refractivity contribution in [3.8, 4) is 11.5 Å². The number of phenols is 1. The number of nitrogens with two attached hydrogens (primary N) is 1. The van der Waals surface area contributed by atoms with E-state index in [1.807, 2.05) is 0 Å². The maximum atomic E-state index is 13.9. The second kappa shape index (κ2) is 5.88. The van der Waals surface area contributed by atoms with E-state index in [4.69, 9.17) is 27.2 Å². The Morgan fingerprint density at radius 1 is 1.67 bits per heavy atom. The van der Waals surface area contributed by atoms with Crippen molar-refractivity contribution in [1.29, 1.82) is 0 Å². The van der Waals surface area contributed by atoms with Crippen LogP contribution in [-0.2, 0) is 4.79 Å². The molecule has 0 spiro atoms. The van der Waals surface area contributed by atoms with Crippen LogP contribution < -0.4 is 10.5 Å². The number of aromatic hydroxyl groups is 1. The number of aliphatic carboxylic acids is 1. The highest BCUT2D eigenvalue weighted by molar-refractivity contribution is 6.31. The molecule has 1 aromatic carbocycles. The van der Waals surface area contributed by atoms with E-state index in [9.17, 15) is 14.3 Å². The lowest BCUT2D eigenvalue weighted by Gasteiger charge is -2.17. The standard InChI is InChI=1S/C11H13ClFNO4/c1-18-11-7(15)4-5(12)10(13)9(11)6(14)2-3-8(16)17/h4,6,15H,2-3,14H2,1H3,(H,16,17). The van der Waals surface area contributed by atoms with Crippen LogP contribution >= 0.6 is 11.6 Å². The van der Waals surface area contributed by atoms with Gasteiger partial charge in [-0.05, 0) is 6.42 Å². The molecule has 0 aliphatic carbocycles. The van der Waals surface area contributed by atoms with Gasteiger partial charge in [0, 0.05) is 18.5 Å². The first-order valence-electron chi connectivity index (χ1n) is 5.10. The maximum absolute atomic E-state index is 13.9. The molecule has 0 aromatic heterocycles. The number of ether oxygens (including phenoxy) is 1. The zero-order valence-corrected chi connectivity index (χ0v) is 10.4. The summed E-state index contributed by atoms with van der Waals surface area (Å²) >= 11 is 5.59. The van der Waals surface area contributed by atoms with E-state index in [0.29, 0.717) is 0 Å². The molecule has 0 saturated heterocycles. The van der Waals surface area contributed by atoms with Crippen LogP contribution in [0.3, 0.4) is 0 Å². The van der Waals surface area contributed by atoms with Crippen molar-refractivity contribution >= 4 is 17.6 Å². The van der Waals surface area contributed by atoms with Crippen molar-refractivity contribution in [2.24, 2.45) is 5.73 Å². The van der Waals surface area contributed by atoms with E-state index in [0.717, 1.165) is 6.07 Å². The molecule has 7 heteroatoms. The molecule has 0 amide bonds. The molecule has 0 radical (unpaired) electrons. The van der Waals surface area contributed by atoms with Crippen LogP contribution in [0.2, 0.25) is 5.02 Å². The summed E-state index contributed by atoms with van der Waals surface area (Å²) < 4.78 is 18.7. The normalized spacial score (nSPS) is 12.2. The van der Waals surface area contributed by atoms with Crippen molar-refractivity contribution < 1.29 is 24.1 Å². The van der Waals surface area contributed by atoms with Crippen molar-refractivity contribution in [2.45, 2.75) is 18.9 Å². The highest BCUT2D eigenvalue weighted by Crippen LogP contribution is 2.40. The minimum Gasteiger partial charge on any atom is -0.504 e. The molecular formula is C11H13ClFNO4. The minimum absolute atomic E-state index is 0.00238. The SMILES string of the molecule is COc1c(O)cc(Cl)c(F)c1C(N)CCC(=O)O. The molecule has 0 aliphatic rings. The van der Waals surface area contributed by atoms with Gasteiger partial charge in [0.15, 0.2) is 17.3 Å². The fraction of sp³-hybridized carbons (Fsp3) is 0.364. The summed E-state index contributed by atoms with van der Waals surface area (Å²) in [5, 5.41) is 17.8. The topological polar surface area (TPSA) is 92.8 Å². The largest absolute Gasteiger partial charge is 0.504 e. The van der Waals surface area contributed by atoms with Gasteiger partial charge in [0.1, 0.15) is 0 Å². The van der Waals surface area contributed by atoms with Crippen LogP contribution in [-0.4, -0.2) is 23.3 Å². The highest BCUT2D eigenvalue weighted by Gasteiger charge is 2.23. The first-order chi connectivity index (χ1) is 8.38. The molecule has 1 rings (SSSR count). The number of carbonyl (C=O) groups is 1. The lowest BCUT2D eigenvalue weighted by atomic mass is 10.0. The monoisotopic (exact) mass is 277 g/mol. The molecule has 4 N–H and O–H groups in total. The molecule has 1 aromatic rings. The van der Waals surface area contributed by atoms with Gasteiger partial charge in [0.05, 0.1) is 17.7 Å². The summed E-state index contributed by atoms with van der Waals surface area (Å²) in [5.41, 5.74) is 5.58. The summed E-state index contributed by atoms with van der Waals surface area (Å²) in [6.07, 6.45) is -0.223. The summed E-state index contributed by atoms with van der Waals surface area (Å²) in [7, 11) is 1.25. The highest BCUT2D eigenvalue weighted by atomic mass is 35.5. The molecule has 100 valence electrons. The van der Waals surface area contributed by atoms with Crippen LogP contribution in [0.5, 0.6) is 11.5 Å². The number of carboxylic acids is 1. The second-order valence-electron chi connectivity index (χ2n) is 3.68. The van der Waals surface area contributed by atoms with E-state index in [2.05, 4.69) is 0 Å². The molecule has 0 heterocycles. The van der Waals surface area contributed by atoms with Gasteiger partial charge in [-0.15, -0.1) is 0 Å². The summed E-state index contributed by atoms with van der Waals surface area (Å²) in [5.74, 6) is -2.33. The number of hydrogen-bond acceptors (Lipinski definition) is 4. The van der Waals surface area contributed by atoms with E-state index >= 15 is 0 Å². The Morgan fingerprint density at radius 2 is 2.28 bits per heavy atom. The van der Waals surface area contributed by atoms with Crippen LogP contribution in [0, 0.1) is 5.82 Å². The van der Waals surface area contributed by atoms with E-state index in [1.165, 1.54) is 7.11 Å². The van der Waals surface area contributed by atoms with Crippen LogP contribution in [0.15, 0.2) is 6.07 Å². The average Bonchev–Trinajstić information content (AvgIpc) is 2.30. The second-order valence-corrected chi connectivity index (χ2v) is 4.08. The van der Waals surface area contributed by atoms with E-state index < -0.39 is 17.8 Å². The van der Waals surface area contributed by atoms with Crippen LogP contribution in [0.25, 0.3) is 0 Å². The Balaban J connectivity index is 3.16. The predicted molar refractivity (Wildman–Crippen MR) is 63.4 cm³/mol. The minimum atomic E-state index is -1.05. The fourth-order valence-electron chi connectivity index (χ4n) is 1.58. The molecule has 0 bridgehead atoms.